The summed E-state index contributed by atoms with van der Waals surface area (Å²) in [5.74, 6) is 0. The fraction of sp³-hybridized carbons (Fsp3) is 0.200. The molecule has 0 aromatic carbocycles. The Hall–Kier alpha value is -2.78. The monoisotopic (exact) mass is 345 g/mol. The Morgan fingerprint density at radius 3 is 2.92 bits per heavy atom. The summed E-state index contributed by atoms with van der Waals surface area (Å²) in [5, 5.41) is 18.9. The molecule has 124 valence electrons. The van der Waals surface area contributed by atoms with E-state index in [0.717, 1.165) is 21.1 Å². The number of hydrogen-bond donors (Lipinski definition) is 3. The van der Waals surface area contributed by atoms with Crippen molar-refractivity contribution in [2.45, 2.75) is 13.2 Å². The highest BCUT2D eigenvalue weighted by Crippen LogP contribution is 2.35. The van der Waals surface area contributed by atoms with Gasteiger partial charge in [-0.25, -0.2) is 9.78 Å². The summed E-state index contributed by atoms with van der Waals surface area (Å²) in [4.78, 5) is 20.1. The number of rotatable bonds is 6. The van der Waals surface area contributed by atoms with Crippen LogP contribution >= 0.6 is 11.3 Å². The minimum Gasteiger partial charge on any atom is -0.465 e. The normalized spacial score (nSPS) is 10.7. The van der Waals surface area contributed by atoms with Crippen molar-refractivity contribution >= 4 is 17.4 Å². The molecule has 9 heteroatoms. The first-order valence-electron chi connectivity index (χ1n) is 7.08. The van der Waals surface area contributed by atoms with E-state index in [1.807, 2.05) is 12.1 Å². The Balaban J connectivity index is 1.92. The van der Waals surface area contributed by atoms with Gasteiger partial charge in [0.05, 0.1) is 29.4 Å². The highest BCUT2D eigenvalue weighted by Gasteiger charge is 2.17. The lowest BCUT2D eigenvalue weighted by Gasteiger charge is -1.97. The van der Waals surface area contributed by atoms with Gasteiger partial charge in [0.2, 0.25) is 0 Å². The highest BCUT2D eigenvalue weighted by molar-refractivity contribution is 7.18. The first-order chi connectivity index (χ1) is 11.7. The fourth-order valence-electron chi connectivity index (χ4n) is 2.14. The molecule has 0 bridgehead atoms. The number of nitrogens with zero attached hydrogens (tertiary/aromatic N) is 3. The van der Waals surface area contributed by atoms with E-state index < -0.39 is 6.09 Å². The van der Waals surface area contributed by atoms with Crippen molar-refractivity contribution in [3.8, 4) is 21.1 Å². The summed E-state index contributed by atoms with van der Waals surface area (Å²) in [6.07, 6.45) is 2.36. The molecule has 0 atom stereocenters. The number of carboxylic acid groups (broad SMARTS) is 1. The lowest BCUT2D eigenvalue weighted by molar-refractivity contribution is 0.182. The molecule has 24 heavy (non-hydrogen) atoms. The Labute approximate surface area is 141 Å². The van der Waals surface area contributed by atoms with E-state index in [4.69, 9.17) is 9.84 Å². The van der Waals surface area contributed by atoms with Crippen molar-refractivity contribution in [1.29, 1.82) is 0 Å². The van der Waals surface area contributed by atoms with Crippen LogP contribution in [0.3, 0.4) is 0 Å². The molecule has 0 radical (unpaired) electrons. The van der Waals surface area contributed by atoms with E-state index in [0.29, 0.717) is 18.0 Å². The molecule has 0 saturated carbocycles. The summed E-state index contributed by atoms with van der Waals surface area (Å²) < 4.78 is 5.23. The molecule has 1 amide bonds. The minimum absolute atomic E-state index is 0.165. The van der Waals surface area contributed by atoms with Crippen LogP contribution in [0.2, 0.25) is 0 Å². The topological polar surface area (TPSA) is 113 Å². The third kappa shape index (κ3) is 3.58. The molecule has 8 nitrogen and oxygen atoms in total. The van der Waals surface area contributed by atoms with Gasteiger partial charge in [-0.05, 0) is 18.2 Å². The van der Waals surface area contributed by atoms with E-state index in [1.54, 1.807) is 25.6 Å². The van der Waals surface area contributed by atoms with Gasteiger partial charge in [0.15, 0.2) is 0 Å². The van der Waals surface area contributed by atoms with E-state index in [2.05, 4.69) is 25.5 Å². The number of pyridine rings is 1. The summed E-state index contributed by atoms with van der Waals surface area (Å²) in [6.45, 7) is 0.532. The first-order valence-corrected chi connectivity index (χ1v) is 7.89. The van der Waals surface area contributed by atoms with Gasteiger partial charge in [-0.1, -0.05) is 0 Å². The molecule has 0 aliphatic rings. The SMILES string of the molecule is COCc1nc(-c2ccncc2)sc1-c1cc(CNC(=O)O)[nH]n1. The summed E-state index contributed by atoms with van der Waals surface area (Å²) >= 11 is 1.51. The number of aromatic amines is 1. The molecule has 3 rings (SSSR count). The van der Waals surface area contributed by atoms with Crippen molar-refractivity contribution in [1.82, 2.24) is 25.5 Å². The second kappa shape index (κ2) is 7.20. The predicted octanol–water partition coefficient (Wildman–Crippen LogP) is 2.51. The Bertz CT molecular complexity index is 831. The number of aromatic nitrogens is 4. The number of carbonyl (C=O) groups is 1. The van der Waals surface area contributed by atoms with Crippen molar-refractivity contribution < 1.29 is 14.6 Å². The van der Waals surface area contributed by atoms with Crippen molar-refractivity contribution in [2.75, 3.05) is 7.11 Å². The third-order valence-corrected chi connectivity index (χ3v) is 4.37. The number of hydrogen-bond acceptors (Lipinski definition) is 6. The Morgan fingerprint density at radius 1 is 1.42 bits per heavy atom. The average molecular weight is 345 g/mol. The van der Waals surface area contributed by atoms with Gasteiger partial charge in [0, 0.05) is 25.1 Å². The first kappa shape index (κ1) is 16.1. The summed E-state index contributed by atoms with van der Waals surface area (Å²) in [5.41, 5.74) is 3.15. The number of thiazole rings is 1. The van der Waals surface area contributed by atoms with Gasteiger partial charge in [0.1, 0.15) is 10.7 Å². The zero-order valence-electron chi connectivity index (χ0n) is 12.8. The van der Waals surface area contributed by atoms with E-state index in [1.165, 1.54) is 11.3 Å². The molecule has 0 spiro atoms. The van der Waals surface area contributed by atoms with E-state index >= 15 is 0 Å². The zero-order chi connectivity index (χ0) is 16.9. The standard InChI is InChI=1S/C15H15N5O3S/c1-23-8-12-13(11-6-10(19-20-11)7-17-15(21)22)24-14(18-12)9-2-4-16-5-3-9/h2-6,17H,7-8H2,1H3,(H,19,20)(H,21,22). The van der Waals surface area contributed by atoms with Gasteiger partial charge in [-0.3, -0.25) is 10.1 Å². The lowest BCUT2D eigenvalue weighted by atomic mass is 10.2. The van der Waals surface area contributed by atoms with Crippen molar-refractivity contribution in [3.63, 3.8) is 0 Å². The molecule has 0 aliphatic heterocycles. The summed E-state index contributed by atoms with van der Waals surface area (Å²) in [6, 6.07) is 5.59. The van der Waals surface area contributed by atoms with Gasteiger partial charge < -0.3 is 15.2 Å². The second-order valence-corrected chi connectivity index (χ2v) is 5.90. The van der Waals surface area contributed by atoms with E-state index in [-0.39, 0.29) is 6.54 Å². The minimum atomic E-state index is -1.08. The number of H-pyrrole nitrogens is 1. The average Bonchev–Trinajstić information content (AvgIpc) is 3.21. The molecule has 3 aromatic heterocycles. The van der Waals surface area contributed by atoms with Crippen LogP contribution in [0.15, 0.2) is 30.6 Å². The van der Waals surface area contributed by atoms with Crippen LogP contribution in [0, 0.1) is 0 Å². The van der Waals surface area contributed by atoms with Gasteiger partial charge >= 0.3 is 6.09 Å². The predicted molar refractivity (Wildman–Crippen MR) is 88.5 cm³/mol. The Kier molecular flexibility index (Phi) is 4.82. The van der Waals surface area contributed by atoms with Crippen molar-refractivity contribution in [2.24, 2.45) is 0 Å². The molecule has 0 fully saturated rings. The number of amides is 1. The number of methoxy groups -OCH3 is 1. The molecule has 0 saturated heterocycles. The maximum absolute atomic E-state index is 10.6. The highest BCUT2D eigenvalue weighted by atomic mass is 32.1. The molecule has 3 aromatic rings. The zero-order valence-corrected chi connectivity index (χ0v) is 13.6. The molecule has 3 N–H and O–H groups in total. The smallest absolute Gasteiger partial charge is 0.404 e. The number of nitrogens with one attached hydrogen (secondary N) is 2. The van der Waals surface area contributed by atoms with Crippen molar-refractivity contribution in [3.05, 3.63) is 42.0 Å². The van der Waals surface area contributed by atoms with Gasteiger partial charge in [0.25, 0.3) is 0 Å². The van der Waals surface area contributed by atoms with Crippen LogP contribution in [0.1, 0.15) is 11.4 Å². The van der Waals surface area contributed by atoms with Crippen LogP contribution < -0.4 is 5.32 Å². The van der Waals surface area contributed by atoms with Crippen LogP contribution in [0.4, 0.5) is 4.79 Å². The molecule has 3 heterocycles. The second-order valence-electron chi connectivity index (χ2n) is 4.90. The van der Waals surface area contributed by atoms with E-state index in [9.17, 15) is 4.79 Å². The molecule has 0 unspecified atom stereocenters. The van der Waals surface area contributed by atoms with Crippen LogP contribution in [-0.4, -0.2) is 38.5 Å². The maximum Gasteiger partial charge on any atom is 0.404 e. The molecular weight excluding hydrogens is 330 g/mol. The van der Waals surface area contributed by atoms with Gasteiger partial charge in [-0.15, -0.1) is 11.3 Å². The maximum atomic E-state index is 10.6. The molecular formula is C15H15N5O3S. The van der Waals surface area contributed by atoms with Crippen LogP contribution in [0.5, 0.6) is 0 Å². The number of ether oxygens (including phenoxy) is 1. The van der Waals surface area contributed by atoms with Crippen LogP contribution in [0.25, 0.3) is 21.1 Å². The fourth-order valence-corrected chi connectivity index (χ4v) is 3.18. The largest absolute Gasteiger partial charge is 0.465 e. The lowest BCUT2D eigenvalue weighted by Crippen LogP contribution is -2.20. The molecule has 0 aliphatic carbocycles. The summed E-state index contributed by atoms with van der Waals surface area (Å²) in [7, 11) is 1.61. The van der Waals surface area contributed by atoms with Crippen LogP contribution in [-0.2, 0) is 17.9 Å². The Morgan fingerprint density at radius 2 is 2.21 bits per heavy atom. The third-order valence-electron chi connectivity index (χ3n) is 3.20. The van der Waals surface area contributed by atoms with Gasteiger partial charge in [-0.2, -0.15) is 5.10 Å². The quantitative estimate of drug-likeness (QED) is 0.633.